The summed E-state index contributed by atoms with van der Waals surface area (Å²) in [6.07, 6.45) is 2.16. The lowest BCUT2D eigenvalue weighted by Crippen LogP contribution is -2.26. The molecule has 0 spiro atoms. The lowest BCUT2D eigenvalue weighted by atomic mass is 9.83. The van der Waals surface area contributed by atoms with E-state index in [1.807, 2.05) is 54.6 Å². The molecule has 0 radical (unpaired) electrons. The van der Waals surface area contributed by atoms with E-state index in [0.29, 0.717) is 13.0 Å². The van der Waals surface area contributed by atoms with Gasteiger partial charge in [0.2, 0.25) is 0 Å². The van der Waals surface area contributed by atoms with Crippen LogP contribution in [0, 0.1) is 5.92 Å². The molecule has 0 aliphatic carbocycles. The first-order chi connectivity index (χ1) is 11.7. The Balaban J connectivity index is 2.20. The number of esters is 1. The van der Waals surface area contributed by atoms with Gasteiger partial charge in [-0.05, 0) is 43.0 Å². The molecule has 4 heteroatoms. The van der Waals surface area contributed by atoms with Crippen molar-refractivity contribution in [2.45, 2.75) is 25.7 Å². The molecular weight excluding hydrogens is 368 g/mol. The van der Waals surface area contributed by atoms with Crippen molar-refractivity contribution < 1.29 is 14.3 Å². The van der Waals surface area contributed by atoms with E-state index in [9.17, 15) is 9.59 Å². The number of rotatable bonds is 8. The SMILES string of the molecule is CCOC(=O)C(CCc1ccccc1)C(C=O)c1ccc(Br)cc1. The number of benzene rings is 2. The van der Waals surface area contributed by atoms with Gasteiger partial charge in [-0.25, -0.2) is 0 Å². The van der Waals surface area contributed by atoms with Crippen molar-refractivity contribution in [1.29, 1.82) is 0 Å². The van der Waals surface area contributed by atoms with Gasteiger partial charge in [-0.2, -0.15) is 0 Å². The minimum atomic E-state index is -0.499. The summed E-state index contributed by atoms with van der Waals surface area (Å²) in [6.45, 7) is 2.09. The van der Waals surface area contributed by atoms with E-state index in [-0.39, 0.29) is 5.97 Å². The first-order valence-electron chi connectivity index (χ1n) is 8.07. The molecule has 0 bridgehead atoms. The lowest BCUT2D eigenvalue weighted by Gasteiger charge is -2.22. The average molecular weight is 389 g/mol. The van der Waals surface area contributed by atoms with Crippen molar-refractivity contribution in [2.24, 2.45) is 5.92 Å². The number of ether oxygens (including phenoxy) is 1. The predicted octanol–water partition coefficient (Wildman–Crippen LogP) is 4.54. The van der Waals surface area contributed by atoms with Crippen LogP contribution in [0.2, 0.25) is 0 Å². The summed E-state index contributed by atoms with van der Waals surface area (Å²) < 4.78 is 6.15. The third-order valence-corrected chi connectivity index (χ3v) is 4.54. The molecule has 126 valence electrons. The smallest absolute Gasteiger partial charge is 0.309 e. The van der Waals surface area contributed by atoms with Crippen LogP contribution in [0.15, 0.2) is 59.1 Å². The molecule has 0 aliphatic heterocycles. The highest BCUT2D eigenvalue weighted by molar-refractivity contribution is 9.10. The van der Waals surface area contributed by atoms with Gasteiger partial charge in [0.05, 0.1) is 18.4 Å². The van der Waals surface area contributed by atoms with Crippen molar-refractivity contribution in [1.82, 2.24) is 0 Å². The topological polar surface area (TPSA) is 43.4 Å². The number of halogens is 1. The predicted molar refractivity (Wildman–Crippen MR) is 97.8 cm³/mol. The molecule has 2 aromatic carbocycles. The van der Waals surface area contributed by atoms with Crippen LogP contribution in [0.25, 0.3) is 0 Å². The number of hydrogen-bond acceptors (Lipinski definition) is 3. The van der Waals surface area contributed by atoms with Crippen LogP contribution in [-0.2, 0) is 20.7 Å². The van der Waals surface area contributed by atoms with E-state index in [1.165, 1.54) is 0 Å². The Labute approximate surface area is 151 Å². The Morgan fingerprint density at radius 1 is 1.12 bits per heavy atom. The molecule has 0 saturated carbocycles. The summed E-state index contributed by atoms with van der Waals surface area (Å²) in [7, 11) is 0. The molecule has 2 atom stereocenters. The first kappa shape index (κ1) is 18.4. The maximum atomic E-state index is 12.4. The van der Waals surface area contributed by atoms with Gasteiger partial charge >= 0.3 is 5.97 Å². The molecule has 0 aromatic heterocycles. The van der Waals surface area contributed by atoms with Gasteiger partial charge in [0.15, 0.2) is 0 Å². The van der Waals surface area contributed by atoms with Gasteiger partial charge in [-0.3, -0.25) is 4.79 Å². The highest BCUT2D eigenvalue weighted by Crippen LogP contribution is 2.29. The molecule has 0 heterocycles. The highest BCUT2D eigenvalue weighted by atomic mass is 79.9. The Morgan fingerprint density at radius 3 is 2.38 bits per heavy atom. The van der Waals surface area contributed by atoms with Crippen LogP contribution in [0.5, 0.6) is 0 Å². The molecule has 2 aromatic rings. The van der Waals surface area contributed by atoms with Crippen molar-refractivity contribution in [3.8, 4) is 0 Å². The van der Waals surface area contributed by atoms with Gasteiger partial charge in [0, 0.05) is 4.47 Å². The van der Waals surface area contributed by atoms with E-state index in [1.54, 1.807) is 6.92 Å². The zero-order chi connectivity index (χ0) is 17.4. The molecule has 2 rings (SSSR count). The summed E-state index contributed by atoms with van der Waals surface area (Å²) >= 11 is 3.39. The zero-order valence-electron chi connectivity index (χ0n) is 13.7. The maximum Gasteiger partial charge on any atom is 0.309 e. The summed E-state index contributed by atoms with van der Waals surface area (Å²) in [5, 5.41) is 0. The van der Waals surface area contributed by atoms with E-state index in [0.717, 1.165) is 28.3 Å². The number of carbonyl (C=O) groups excluding carboxylic acids is 2. The monoisotopic (exact) mass is 388 g/mol. The van der Waals surface area contributed by atoms with Crippen LogP contribution in [0.1, 0.15) is 30.4 Å². The minimum absolute atomic E-state index is 0.312. The van der Waals surface area contributed by atoms with Gasteiger partial charge in [0.1, 0.15) is 6.29 Å². The van der Waals surface area contributed by atoms with E-state index >= 15 is 0 Å². The molecule has 0 amide bonds. The van der Waals surface area contributed by atoms with Crippen LogP contribution >= 0.6 is 15.9 Å². The van der Waals surface area contributed by atoms with E-state index in [2.05, 4.69) is 15.9 Å². The number of hydrogen-bond donors (Lipinski definition) is 0. The standard InChI is InChI=1S/C20H21BrO3/c1-2-24-20(23)18(13-8-15-6-4-3-5-7-15)19(14-22)16-9-11-17(21)12-10-16/h3-7,9-12,14,18-19H,2,8,13H2,1H3. The molecule has 0 aliphatic rings. The van der Waals surface area contributed by atoms with Crippen molar-refractivity contribution in [3.05, 3.63) is 70.2 Å². The third kappa shape index (κ3) is 5.03. The van der Waals surface area contributed by atoms with Gasteiger partial charge < -0.3 is 9.53 Å². The number of carbonyl (C=O) groups is 2. The van der Waals surface area contributed by atoms with Crippen LogP contribution in [0.4, 0.5) is 0 Å². The van der Waals surface area contributed by atoms with Gasteiger partial charge in [0.25, 0.3) is 0 Å². The fourth-order valence-electron chi connectivity index (χ4n) is 2.75. The molecule has 0 fully saturated rings. The Hall–Kier alpha value is -1.94. The Morgan fingerprint density at radius 2 is 1.79 bits per heavy atom. The quantitative estimate of drug-likeness (QED) is 0.492. The number of aryl methyl sites for hydroxylation is 1. The summed E-state index contributed by atoms with van der Waals surface area (Å²) in [4.78, 5) is 24.1. The fourth-order valence-corrected chi connectivity index (χ4v) is 3.02. The van der Waals surface area contributed by atoms with Crippen LogP contribution < -0.4 is 0 Å². The van der Waals surface area contributed by atoms with Crippen molar-refractivity contribution >= 4 is 28.2 Å². The average Bonchev–Trinajstić information content (AvgIpc) is 2.60. The summed E-state index contributed by atoms with van der Waals surface area (Å²) in [5.74, 6) is -1.29. The summed E-state index contributed by atoms with van der Waals surface area (Å²) in [5.41, 5.74) is 1.98. The molecule has 2 unspecified atom stereocenters. The molecule has 0 saturated heterocycles. The van der Waals surface area contributed by atoms with E-state index < -0.39 is 11.8 Å². The van der Waals surface area contributed by atoms with Crippen LogP contribution in [0.3, 0.4) is 0 Å². The second-order valence-corrected chi connectivity index (χ2v) is 6.51. The lowest BCUT2D eigenvalue weighted by molar-refractivity contribution is -0.150. The van der Waals surface area contributed by atoms with Crippen molar-refractivity contribution in [2.75, 3.05) is 6.61 Å². The molecule has 24 heavy (non-hydrogen) atoms. The second kappa shape index (κ2) is 9.38. The molecule has 0 N–H and O–H groups in total. The molecule has 3 nitrogen and oxygen atoms in total. The van der Waals surface area contributed by atoms with Gasteiger partial charge in [-0.1, -0.05) is 58.4 Å². The summed E-state index contributed by atoms with van der Waals surface area (Å²) in [6, 6.07) is 17.5. The largest absolute Gasteiger partial charge is 0.466 e. The molecular formula is C20H21BrO3. The third-order valence-electron chi connectivity index (χ3n) is 4.01. The Kier molecular flexibility index (Phi) is 7.19. The highest BCUT2D eigenvalue weighted by Gasteiger charge is 2.30. The Bertz CT molecular complexity index is 652. The first-order valence-corrected chi connectivity index (χ1v) is 8.86. The minimum Gasteiger partial charge on any atom is -0.466 e. The second-order valence-electron chi connectivity index (χ2n) is 5.60. The fraction of sp³-hybridized carbons (Fsp3) is 0.300. The van der Waals surface area contributed by atoms with Gasteiger partial charge in [-0.15, -0.1) is 0 Å². The zero-order valence-corrected chi connectivity index (χ0v) is 15.2. The normalized spacial score (nSPS) is 13.1. The number of aldehydes is 1. The van der Waals surface area contributed by atoms with Crippen LogP contribution in [-0.4, -0.2) is 18.9 Å². The maximum absolute atomic E-state index is 12.4. The van der Waals surface area contributed by atoms with Crippen molar-refractivity contribution in [3.63, 3.8) is 0 Å². The van der Waals surface area contributed by atoms with E-state index in [4.69, 9.17) is 4.74 Å².